The van der Waals surface area contributed by atoms with Gasteiger partial charge in [-0.1, -0.05) is 0 Å². The molecular weight excluding hydrogens is 298 g/mol. The van der Waals surface area contributed by atoms with Crippen LogP contribution in [-0.4, -0.2) is 61.0 Å². The molecule has 7 nitrogen and oxygen atoms in total. The van der Waals surface area contributed by atoms with Crippen LogP contribution in [-0.2, 0) is 9.47 Å². The Morgan fingerprint density at radius 1 is 1.09 bits per heavy atom. The molecule has 2 N–H and O–H groups in total. The number of hydrogen-bond acceptors (Lipinski definition) is 5. The van der Waals surface area contributed by atoms with Crippen molar-refractivity contribution in [2.75, 3.05) is 26.2 Å². The van der Waals surface area contributed by atoms with Crippen molar-refractivity contribution in [2.45, 2.75) is 64.2 Å². The number of rotatable bonds is 2. The minimum Gasteiger partial charge on any atom is -0.446 e. The molecule has 0 atom stereocenters. The lowest BCUT2D eigenvalue weighted by molar-refractivity contribution is 0.0381. The van der Waals surface area contributed by atoms with E-state index >= 15 is 0 Å². The Morgan fingerprint density at radius 2 is 1.70 bits per heavy atom. The highest BCUT2D eigenvalue weighted by Gasteiger charge is 2.28. The van der Waals surface area contributed by atoms with Gasteiger partial charge in [-0.3, -0.25) is 0 Å². The molecule has 2 amide bonds. The highest BCUT2D eigenvalue weighted by molar-refractivity contribution is 5.69. The van der Waals surface area contributed by atoms with E-state index in [4.69, 9.17) is 9.47 Å². The zero-order chi connectivity index (χ0) is 16.9. The van der Waals surface area contributed by atoms with Crippen molar-refractivity contribution in [3.8, 4) is 0 Å². The van der Waals surface area contributed by atoms with Gasteiger partial charge >= 0.3 is 12.2 Å². The standard InChI is InChI=1S/C16H29N3O4/c1-16(2,3)23-14(20)18-12-6-10-19(11-7-12)15(21)22-13-4-8-17-9-5-13/h12-13,17H,4-11H2,1-3H3,(H,18,20). The maximum atomic E-state index is 12.2. The van der Waals surface area contributed by atoms with Gasteiger partial charge < -0.3 is 25.0 Å². The minimum absolute atomic E-state index is 0.0290. The van der Waals surface area contributed by atoms with Crippen molar-refractivity contribution in [2.24, 2.45) is 0 Å². The van der Waals surface area contributed by atoms with Crippen LogP contribution in [0, 0.1) is 0 Å². The first-order valence-corrected chi connectivity index (χ1v) is 8.49. The monoisotopic (exact) mass is 327 g/mol. The Balaban J connectivity index is 1.68. The predicted octanol–water partition coefficient (Wildman–Crippen LogP) is 1.86. The number of nitrogens with zero attached hydrogens (tertiary/aromatic N) is 1. The summed E-state index contributed by atoms with van der Waals surface area (Å²) >= 11 is 0. The van der Waals surface area contributed by atoms with Crippen LogP contribution < -0.4 is 10.6 Å². The second-order valence-corrected chi connectivity index (χ2v) is 7.24. The second-order valence-electron chi connectivity index (χ2n) is 7.24. The van der Waals surface area contributed by atoms with Crippen LogP contribution >= 0.6 is 0 Å². The van der Waals surface area contributed by atoms with E-state index in [-0.39, 0.29) is 18.2 Å². The molecule has 2 aliphatic heterocycles. The van der Waals surface area contributed by atoms with E-state index in [0.717, 1.165) is 38.8 Å². The fourth-order valence-corrected chi connectivity index (χ4v) is 2.81. The molecule has 0 spiro atoms. The average Bonchev–Trinajstić information content (AvgIpc) is 2.47. The van der Waals surface area contributed by atoms with Crippen molar-refractivity contribution in [3.63, 3.8) is 0 Å². The van der Waals surface area contributed by atoms with Gasteiger partial charge in [0.05, 0.1) is 0 Å². The molecule has 2 rings (SSSR count). The molecule has 2 saturated heterocycles. The lowest BCUT2D eigenvalue weighted by Gasteiger charge is -2.33. The summed E-state index contributed by atoms with van der Waals surface area (Å²) < 4.78 is 10.8. The second kappa shape index (κ2) is 7.86. The smallest absolute Gasteiger partial charge is 0.410 e. The lowest BCUT2D eigenvalue weighted by atomic mass is 10.1. The summed E-state index contributed by atoms with van der Waals surface area (Å²) in [7, 11) is 0. The summed E-state index contributed by atoms with van der Waals surface area (Å²) in [5, 5.41) is 6.12. The number of amides is 2. The topological polar surface area (TPSA) is 79.9 Å². The van der Waals surface area contributed by atoms with Crippen LogP contribution in [0.15, 0.2) is 0 Å². The van der Waals surface area contributed by atoms with E-state index in [1.165, 1.54) is 0 Å². The van der Waals surface area contributed by atoms with Gasteiger partial charge in [0.15, 0.2) is 0 Å². The number of alkyl carbamates (subject to hydrolysis) is 1. The van der Waals surface area contributed by atoms with Crippen molar-refractivity contribution >= 4 is 12.2 Å². The molecule has 0 radical (unpaired) electrons. The van der Waals surface area contributed by atoms with E-state index < -0.39 is 11.7 Å². The zero-order valence-electron chi connectivity index (χ0n) is 14.4. The first kappa shape index (κ1) is 17.8. The molecule has 2 heterocycles. The third-order valence-corrected chi connectivity index (χ3v) is 4.03. The summed E-state index contributed by atoms with van der Waals surface area (Å²) in [5.41, 5.74) is -0.497. The van der Waals surface area contributed by atoms with Gasteiger partial charge in [0.1, 0.15) is 11.7 Å². The Bertz CT molecular complexity index is 408. The van der Waals surface area contributed by atoms with Crippen LogP contribution in [0.1, 0.15) is 46.5 Å². The largest absolute Gasteiger partial charge is 0.446 e. The zero-order valence-corrected chi connectivity index (χ0v) is 14.4. The molecule has 23 heavy (non-hydrogen) atoms. The highest BCUT2D eigenvalue weighted by Crippen LogP contribution is 2.15. The lowest BCUT2D eigenvalue weighted by Crippen LogP contribution is -2.48. The molecule has 0 aromatic carbocycles. The molecule has 132 valence electrons. The number of carbonyl (C=O) groups excluding carboxylic acids is 2. The Labute approximate surface area is 138 Å². The number of nitrogens with one attached hydrogen (secondary N) is 2. The molecule has 7 heteroatoms. The van der Waals surface area contributed by atoms with E-state index in [0.29, 0.717) is 13.1 Å². The van der Waals surface area contributed by atoms with E-state index in [2.05, 4.69) is 10.6 Å². The molecule has 0 aromatic rings. The van der Waals surface area contributed by atoms with E-state index in [1.54, 1.807) is 4.90 Å². The maximum Gasteiger partial charge on any atom is 0.410 e. The molecule has 0 saturated carbocycles. The SMILES string of the molecule is CC(C)(C)OC(=O)NC1CCN(C(=O)OC2CCNCC2)CC1. The third kappa shape index (κ3) is 6.25. The molecule has 0 aromatic heterocycles. The van der Waals surface area contributed by atoms with Gasteiger partial charge in [0.2, 0.25) is 0 Å². The van der Waals surface area contributed by atoms with Crippen molar-refractivity contribution in [1.82, 2.24) is 15.5 Å². The fraction of sp³-hybridized carbons (Fsp3) is 0.875. The first-order valence-electron chi connectivity index (χ1n) is 8.49. The van der Waals surface area contributed by atoms with E-state index in [1.807, 2.05) is 20.8 Å². The van der Waals surface area contributed by atoms with Crippen molar-refractivity contribution in [3.05, 3.63) is 0 Å². The van der Waals surface area contributed by atoms with Gasteiger partial charge in [0, 0.05) is 19.1 Å². The average molecular weight is 327 g/mol. The summed E-state index contributed by atoms with van der Waals surface area (Å²) in [4.78, 5) is 25.6. The Morgan fingerprint density at radius 3 is 2.26 bits per heavy atom. The van der Waals surface area contributed by atoms with Gasteiger partial charge in [0.25, 0.3) is 0 Å². The summed E-state index contributed by atoms with van der Waals surface area (Å²) in [6, 6.07) is 0.0489. The molecule has 0 bridgehead atoms. The van der Waals surface area contributed by atoms with Crippen LogP contribution in [0.3, 0.4) is 0 Å². The van der Waals surface area contributed by atoms with Gasteiger partial charge in [-0.2, -0.15) is 0 Å². The predicted molar refractivity (Wildman–Crippen MR) is 86.3 cm³/mol. The molecule has 0 unspecified atom stereocenters. The Hall–Kier alpha value is -1.50. The van der Waals surface area contributed by atoms with Crippen LogP contribution in [0.25, 0.3) is 0 Å². The first-order chi connectivity index (χ1) is 10.8. The molecule has 0 aliphatic carbocycles. The number of likely N-dealkylation sites (tertiary alicyclic amines) is 1. The summed E-state index contributed by atoms with van der Waals surface area (Å²) in [5.74, 6) is 0. The number of ether oxygens (including phenoxy) is 2. The minimum atomic E-state index is -0.497. The molecular formula is C16H29N3O4. The van der Waals surface area contributed by atoms with Crippen molar-refractivity contribution in [1.29, 1.82) is 0 Å². The molecule has 2 aliphatic rings. The van der Waals surface area contributed by atoms with Crippen LogP contribution in [0.4, 0.5) is 9.59 Å². The van der Waals surface area contributed by atoms with Gasteiger partial charge in [-0.25, -0.2) is 9.59 Å². The number of piperidine rings is 2. The normalized spacial score (nSPS) is 20.9. The quantitative estimate of drug-likeness (QED) is 0.809. The Kier molecular flexibility index (Phi) is 6.10. The van der Waals surface area contributed by atoms with E-state index in [9.17, 15) is 9.59 Å². The number of carbonyl (C=O) groups is 2. The maximum absolute atomic E-state index is 12.2. The summed E-state index contributed by atoms with van der Waals surface area (Å²) in [6.45, 7) is 8.53. The van der Waals surface area contributed by atoms with Gasteiger partial charge in [-0.15, -0.1) is 0 Å². The third-order valence-electron chi connectivity index (χ3n) is 4.03. The highest BCUT2D eigenvalue weighted by atomic mass is 16.6. The molecule has 2 fully saturated rings. The van der Waals surface area contributed by atoms with Gasteiger partial charge in [-0.05, 0) is 59.5 Å². The van der Waals surface area contributed by atoms with Crippen molar-refractivity contribution < 1.29 is 19.1 Å². The number of hydrogen-bond donors (Lipinski definition) is 2. The summed E-state index contributed by atoms with van der Waals surface area (Å²) in [6.07, 6.45) is 2.61. The fourth-order valence-electron chi connectivity index (χ4n) is 2.81. The van der Waals surface area contributed by atoms with Crippen LogP contribution in [0.2, 0.25) is 0 Å². The van der Waals surface area contributed by atoms with Crippen LogP contribution in [0.5, 0.6) is 0 Å².